The molecule has 1 fully saturated rings. The summed E-state index contributed by atoms with van der Waals surface area (Å²) in [5.74, 6) is 0. The Hall–Kier alpha value is -0.220. The molecule has 0 radical (unpaired) electrons. The van der Waals surface area contributed by atoms with Crippen molar-refractivity contribution in [3.63, 3.8) is 0 Å². The van der Waals surface area contributed by atoms with E-state index in [0.717, 1.165) is 26.4 Å². The van der Waals surface area contributed by atoms with Gasteiger partial charge in [-0.2, -0.15) is 0 Å². The maximum Gasteiger partial charge on any atom is 1.00 e. The predicted octanol–water partition coefficient (Wildman–Crippen LogP) is -1.45. The smallest absolute Gasteiger partial charge is 0.870 e. The summed E-state index contributed by atoms with van der Waals surface area (Å²) in [5.41, 5.74) is 0. The van der Waals surface area contributed by atoms with E-state index in [9.17, 15) is 0 Å². The number of ether oxygens (including phenoxy) is 2. The number of methoxy groups -OCH3 is 1. The number of nitrogens with one attached hydrogen (secondary N) is 1. The van der Waals surface area contributed by atoms with E-state index in [-0.39, 0.29) is 35.0 Å². The molecule has 0 aliphatic carbocycles. The second-order valence-electron chi connectivity index (χ2n) is 3.69. The fourth-order valence-electron chi connectivity index (χ4n) is 1.04. The molecule has 3 heterocycles. The third-order valence-electron chi connectivity index (χ3n) is 2.12. The number of hydrogen-bond donors (Lipinski definition) is 1. The van der Waals surface area contributed by atoms with Crippen molar-refractivity contribution in [1.82, 2.24) is 19.5 Å². The van der Waals surface area contributed by atoms with Crippen LogP contribution in [0.4, 0.5) is 0 Å². The molecule has 3 rings (SSSR count). The van der Waals surface area contributed by atoms with Gasteiger partial charge in [-0.3, -0.25) is 0 Å². The Labute approximate surface area is 155 Å². The van der Waals surface area contributed by atoms with Crippen molar-refractivity contribution in [2.75, 3.05) is 26.9 Å². The van der Waals surface area contributed by atoms with Gasteiger partial charge in [0.2, 0.25) is 0 Å². The van der Waals surface area contributed by atoms with E-state index in [1.165, 1.54) is 0 Å². The van der Waals surface area contributed by atoms with Crippen LogP contribution in [-0.4, -0.2) is 56.8 Å². The molecule has 0 bridgehead atoms. The Balaban J connectivity index is 0. The van der Waals surface area contributed by atoms with E-state index < -0.39 is 0 Å². The molecule has 0 atom stereocenters. The molecule has 21 heavy (non-hydrogen) atoms. The zero-order valence-electron chi connectivity index (χ0n) is 12.4. The van der Waals surface area contributed by atoms with Crippen LogP contribution in [0, 0.1) is 0 Å². The fourth-order valence-corrected chi connectivity index (χ4v) is 1.41. The van der Waals surface area contributed by atoms with Crippen LogP contribution in [0.5, 0.6) is 0 Å². The molecule has 0 amide bonds. The number of halogens is 1. The average Bonchev–Trinajstić information content (AvgIpc) is 3.09. The molecular formula is C12H20BrN4NaO3. The third-order valence-corrected chi connectivity index (χ3v) is 2.64. The maximum absolute atomic E-state index is 4.87. The van der Waals surface area contributed by atoms with Gasteiger partial charge in [0, 0.05) is 38.4 Å². The van der Waals surface area contributed by atoms with Gasteiger partial charge >= 0.3 is 29.6 Å². The Morgan fingerprint density at radius 1 is 1.38 bits per heavy atom. The van der Waals surface area contributed by atoms with Gasteiger partial charge in [-0.25, -0.2) is 9.97 Å². The molecule has 0 saturated carbocycles. The minimum Gasteiger partial charge on any atom is -0.870 e. The molecule has 2 N–H and O–H groups in total. The topological polar surface area (TPSA) is 95.0 Å². The summed E-state index contributed by atoms with van der Waals surface area (Å²) in [6.07, 6.45) is 10.5. The molecule has 114 valence electrons. The number of aromatic amines is 1. The summed E-state index contributed by atoms with van der Waals surface area (Å²) in [5, 5.41) is 0. The quantitative estimate of drug-likeness (QED) is 0.526. The zero-order valence-corrected chi connectivity index (χ0v) is 15.9. The number of alkyl halides is 1. The van der Waals surface area contributed by atoms with E-state index >= 15 is 0 Å². The third kappa shape index (κ3) is 13.2. The zero-order chi connectivity index (χ0) is 13.8. The number of imidazole rings is 2. The van der Waals surface area contributed by atoms with Gasteiger partial charge in [-0.05, 0) is 0 Å². The SMILES string of the molecule is BrC1COC1.COCCn1ccnc1.[Na+].[OH-].c1c[nH]cn1. The van der Waals surface area contributed by atoms with E-state index in [1.54, 1.807) is 38.4 Å². The summed E-state index contributed by atoms with van der Waals surface area (Å²) in [6.45, 7) is 3.44. The van der Waals surface area contributed by atoms with E-state index in [1.807, 2.05) is 10.8 Å². The van der Waals surface area contributed by atoms with Crippen molar-refractivity contribution in [1.29, 1.82) is 0 Å². The van der Waals surface area contributed by atoms with Gasteiger partial charge in [0.15, 0.2) is 0 Å². The molecule has 2 aromatic rings. The van der Waals surface area contributed by atoms with Crippen molar-refractivity contribution >= 4 is 15.9 Å². The first-order valence-corrected chi connectivity index (χ1v) is 6.83. The van der Waals surface area contributed by atoms with Crippen molar-refractivity contribution in [3.05, 3.63) is 37.4 Å². The summed E-state index contributed by atoms with van der Waals surface area (Å²) in [7, 11) is 1.69. The summed E-state index contributed by atoms with van der Waals surface area (Å²) in [6, 6.07) is 0. The molecule has 1 aliphatic heterocycles. The van der Waals surface area contributed by atoms with E-state index in [0.29, 0.717) is 4.83 Å². The van der Waals surface area contributed by atoms with Gasteiger partial charge in [-0.15, -0.1) is 0 Å². The van der Waals surface area contributed by atoms with Crippen LogP contribution in [-0.2, 0) is 16.0 Å². The van der Waals surface area contributed by atoms with Crippen molar-refractivity contribution in [2.45, 2.75) is 11.4 Å². The Morgan fingerprint density at radius 2 is 2.10 bits per heavy atom. The van der Waals surface area contributed by atoms with E-state index in [4.69, 9.17) is 9.47 Å². The fraction of sp³-hybridized carbons (Fsp3) is 0.500. The number of hydrogen-bond acceptors (Lipinski definition) is 5. The summed E-state index contributed by atoms with van der Waals surface area (Å²) < 4.78 is 11.6. The molecular weight excluding hydrogens is 351 g/mol. The van der Waals surface area contributed by atoms with Crippen LogP contribution >= 0.6 is 15.9 Å². The van der Waals surface area contributed by atoms with Gasteiger partial charge in [0.25, 0.3) is 0 Å². The van der Waals surface area contributed by atoms with Crippen molar-refractivity contribution < 1.29 is 44.5 Å². The number of aromatic nitrogens is 4. The Kier molecular flexibility index (Phi) is 17.7. The first kappa shape index (κ1) is 23.1. The first-order chi connectivity index (χ1) is 9.33. The van der Waals surface area contributed by atoms with Crippen molar-refractivity contribution in [2.24, 2.45) is 0 Å². The Morgan fingerprint density at radius 3 is 2.38 bits per heavy atom. The summed E-state index contributed by atoms with van der Waals surface area (Å²) in [4.78, 5) is 11.0. The van der Waals surface area contributed by atoms with Crippen LogP contribution in [0.1, 0.15) is 0 Å². The normalized spacial score (nSPS) is 12.3. The van der Waals surface area contributed by atoms with Crippen molar-refractivity contribution in [3.8, 4) is 0 Å². The number of rotatable bonds is 3. The van der Waals surface area contributed by atoms with E-state index in [2.05, 4.69) is 30.9 Å². The van der Waals surface area contributed by atoms with Gasteiger partial charge in [0.05, 0.1) is 37.3 Å². The van der Waals surface area contributed by atoms with Crippen LogP contribution in [0.2, 0.25) is 0 Å². The summed E-state index contributed by atoms with van der Waals surface area (Å²) >= 11 is 3.34. The molecule has 1 saturated heterocycles. The predicted molar refractivity (Wildman–Crippen MR) is 78.2 cm³/mol. The minimum absolute atomic E-state index is 0. The molecule has 9 heteroatoms. The molecule has 1 aliphatic rings. The molecule has 7 nitrogen and oxygen atoms in total. The molecule has 0 unspecified atom stereocenters. The van der Waals surface area contributed by atoms with Gasteiger partial charge in [0.1, 0.15) is 0 Å². The largest absolute Gasteiger partial charge is 1.00 e. The van der Waals surface area contributed by atoms with Crippen LogP contribution < -0.4 is 29.6 Å². The second kappa shape index (κ2) is 16.2. The Bertz CT molecular complexity index is 368. The number of H-pyrrole nitrogens is 1. The molecule has 2 aromatic heterocycles. The second-order valence-corrected chi connectivity index (χ2v) is 4.98. The number of nitrogens with zero attached hydrogens (tertiary/aromatic N) is 3. The standard InChI is InChI=1S/C6H10N2O.C3H5BrO.C3H4N2.Na.H2O/c1-9-5-4-8-3-2-7-6-8;4-3-1-5-2-3;1-2-5-3-4-1;;/h2-3,6H,4-5H2,1H3;3H,1-2H2;1-3H,(H,4,5);;1H2/q;;;+1;/p-1. The molecule has 0 spiro atoms. The first-order valence-electron chi connectivity index (χ1n) is 5.92. The average molecular weight is 371 g/mol. The van der Waals surface area contributed by atoms with Crippen LogP contribution in [0.15, 0.2) is 37.4 Å². The maximum atomic E-state index is 4.87. The minimum atomic E-state index is 0. The van der Waals surface area contributed by atoms with Gasteiger partial charge in [-0.1, -0.05) is 15.9 Å². The molecule has 0 aromatic carbocycles. The van der Waals surface area contributed by atoms with Crippen LogP contribution in [0.25, 0.3) is 0 Å². The monoisotopic (exact) mass is 370 g/mol. The van der Waals surface area contributed by atoms with Gasteiger partial charge < -0.3 is 24.5 Å². The van der Waals surface area contributed by atoms with Crippen LogP contribution in [0.3, 0.4) is 0 Å².